The van der Waals surface area contributed by atoms with E-state index in [-0.39, 0.29) is 5.82 Å². The Bertz CT molecular complexity index is 323. The Morgan fingerprint density at radius 1 is 1.43 bits per heavy atom. The van der Waals surface area contributed by atoms with Gasteiger partial charge in [-0.3, -0.25) is 0 Å². The zero-order valence-corrected chi connectivity index (χ0v) is 8.82. The predicted octanol–water partition coefficient (Wildman–Crippen LogP) is 3.30. The van der Waals surface area contributed by atoms with E-state index in [2.05, 4.69) is 0 Å². The molecular weight excluding hydrogens is 197 g/mol. The van der Waals surface area contributed by atoms with Gasteiger partial charge in [-0.2, -0.15) is 0 Å². The summed E-state index contributed by atoms with van der Waals surface area (Å²) >= 11 is 1.66. The van der Waals surface area contributed by atoms with Crippen molar-refractivity contribution >= 4 is 17.4 Å². The second kappa shape index (κ2) is 4.22. The summed E-state index contributed by atoms with van der Waals surface area (Å²) in [7, 11) is 0. The summed E-state index contributed by atoms with van der Waals surface area (Å²) in [5.41, 5.74) is 6.42. The number of nitrogen functional groups attached to an aromatic ring is 1. The Hall–Kier alpha value is -0.700. The molecule has 0 atom stereocenters. The standard InChI is InChI=1S/C11H14FNS/c12-9-3-4-10(13)11(7-9)14-6-5-8-1-2-8/h3-4,7-8H,1-2,5-6,13H2. The monoisotopic (exact) mass is 211 g/mol. The molecule has 2 rings (SSSR count). The lowest BCUT2D eigenvalue weighted by Crippen LogP contribution is -1.91. The van der Waals surface area contributed by atoms with Crippen LogP contribution in [0.5, 0.6) is 0 Å². The molecule has 3 heteroatoms. The van der Waals surface area contributed by atoms with Gasteiger partial charge < -0.3 is 5.73 Å². The van der Waals surface area contributed by atoms with Gasteiger partial charge in [0, 0.05) is 10.6 Å². The summed E-state index contributed by atoms with van der Waals surface area (Å²) < 4.78 is 12.9. The number of nitrogens with two attached hydrogens (primary N) is 1. The number of anilines is 1. The first-order valence-electron chi connectivity index (χ1n) is 4.93. The molecule has 1 aromatic carbocycles. The second-order valence-corrected chi connectivity index (χ2v) is 4.90. The van der Waals surface area contributed by atoms with Crippen LogP contribution in [0.25, 0.3) is 0 Å². The first kappa shape index (κ1) is 9.84. The topological polar surface area (TPSA) is 26.0 Å². The van der Waals surface area contributed by atoms with Crippen molar-refractivity contribution in [3.8, 4) is 0 Å². The number of benzene rings is 1. The van der Waals surface area contributed by atoms with Gasteiger partial charge in [0.15, 0.2) is 0 Å². The number of hydrogen-bond acceptors (Lipinski definition) is 2. The summed E-state index contributed by atoms with van der Waals surface area (Å²) in [5.74, 6) is 1.78. The number of rotatable bonds is 4. The highest BCUT2D eigenvalue weighted by Gasteiger charge is 2.20. The van der Waals surface area contributed by atoms with Crippen molar-refractivity contribution < 1.29 is 4.39 Å². The van der Waals surface area contributed by atoms with Crippen molar-refractivity contribution in [1.82, 2.24) is 0 Å². The van der Waals surface area contributed by atoms with Crippen LogP contribution in [0, 0.1) is 11.7 Å². The van der Waals surface area contributed by atoms with Crippen molar-refractivity contribution in [2.75, 3.05) is 11.5 Å². The summed E-state index contributed by atoms with van der Waals surface area (Å²) in [6, 6.07) is 4.56. The minimum absolute atomic E-state index is 0.201. The number of halogens is 1. The fourth-order valence-electron chi connectivity index (χ4n) is 1.38. The summed E-state index contributed by atoms with van der Waals surface area (Å²) in [6.07, 6.45) is 3.99. The predicted molar refractivity (Wildman–Crippen MR) is 58.9 cm³/mol. The maximum absolute atomic E-state index is 12.9. The molecule has 1 aromatic rings. The highest BCUT2D eigenvalue weighted by molar-refractivity contribution is 7.99. The Morgan fingerprint density at radius 3 is 2.93 bits per heavy atom. The lowest BCUT2D eigenvalue weighted by Gasteiger charge is -2.04. The SMILES string of the molecule is Nc1ccc(F)cc1SCCC1CC1. The molecule has 0 spiro atoms. The quantitative estimate of drug-likeness (QED) is 0.611. The summed E-state index contributed by atoms with van der Waals surface area (Å²) in [5, 5.41) is 0. The average Bonchev–Trinajstić information content (AvgIpc) is 2.95. The van der Waals surface area contributed by atoms with Gasteiger partial charge in [-0.1, -0.05) is 12.8 Å². The van der Waals surface area contributed by atoms with Gasteiger partial charge in [-0.05, 0) is 36.3 Å². The second-order valence-electron chi connectivity index (χ2n) is 3.76. The highest BCUT2D eigenvalue weighted by atomic mass is 32.2. The van der Waals surface area contributed by atoms with E-state index in [1.54, 1.807) is 17.8 Å². The van der Waals surface area contributed by atoms with Crippen molar-refractivity contribution in [1.29, 1.82) is 0 Å². The third kappa shape index (κ3) is 2.64. The molecule has 1 saturated carbocycles. The third-order valence-corrected chi connectivity index (χ3v) is 3.56. The fourth-order valence-corrected chi connectivity index (χ4v) is 2.48. The molecule has 0 saturated heterocycles. The van der Waals surface area contributed by atoms with Gasteiger partial charge in [-0.25, -0.2) is 4.39 Å². The Balaban J connectivity index is 1.89. The summed E-state index contributed by atoms with van der Waals surface area (Å²) in [6.45, 7) is 0. The highest BCUT2D eigenvalue weighted by Crippen LogP contribution is 2.35. The fraction of sp³-hybridized carbons (Fsp3) is 0.455. The molecule has 76 valence electrons. The Kier molecular flexibility index (Phi) is 2.96. The van der Waals surface area contributed by atoms with Crippen LogP contribution in [-0.4, -0.2) is 5.75 Å². The molecule has 2 N–H and O–H groups in total. The van der Waals surface area contributed by atoms with Crippen LogP contribution in [0.2, 0.25) is 0 Å². The van der Waals surface area contributed by atoms with Crippen LogP contribution >= 0.6 is 11.8 Å². The minimum atomic E-state index is -0.201. The molecule has 0 unspecified atom stereocenters. The van der Waals surface area contributed by atoms with Gasteiger partial charge >= 0.3 is 0 Å². The van der Waals surface area contributed by atoms with Crippen molar-refractivity contribution in [3.63, 3.8) is 0 Å². The van der Waals surface area contributed by atoms with E-state index >= 15 is 0 Å². The van der Waals surface area contributed by atoms with Gasteiger partial charge in [0.05, 0.1) is 0 Å². The van der Waals surface area contributed by atoms with E-state index < -0.39 is 0 Å². The molecule has 1 nitrogen and oxygen atoms in total. The van der Waals surface area contributed by atoms with Gasteiger partial charge in [0.1, 0.15) is 5.82 Å². The van der Waals surface area contributed by atoms with Crippen LogP contribution in [0.3, 0.4) is 0 Å². The third-order valence-electron chi connectivity index (χ3n) is 2.46. The Morgan fingerprint density at radius 2 is 2.21 bits per heavy atom. The molecule has 0 bridgehead atoms. The molecule has 0 amide bonds. The number of hydrogen-bond donors (Lipinski definition) is 1. The maximum atomic E-state index is 12.9. The molecule has 14 heavy (non-hydrogen) atoms. The average molecular weight is 211 g/mol. The van der Waals surface area contributed by atoms with E-state index in [9.17, 15) is 4.39 Å². The van der Waals surface area contributed by atoms with Crippen molar-refractivity contribution in [2.45, 2.75) is 24.2 Å². The van der Waals surface area contributed by atoms with Crippen LogP contribution in [0.4, 0.5) is 10.1 Å². The smallest absolute Gasteiger partial charge is 0.124 e. The molecular formula is C11H14FNS. The maximum Gasteiger partial charge on any atom is 0.124 e. The van der Waals surface area contributed by atoms with E-state index in [0.29, 0.717) is 5.69 Å². The zero-order valence-electron chi connectivity index (χ0n) is 8.00. The van der Waals surface area contributed by atoms with Crippen LogP contribution in [-0.2, 0) is 0 Å². The minimum Gasteiger partial charge on any atom is -0.398 e. The first-order chi connectivity index (χ1) is 6.75. The van der Waals surface area contributed by atoms with Crippen LogP contribution < -0.4 is 5.73 Å². The van der Waals surface area contributed by atoms with Crippen molar-refractivity contribution in [2.24, 2.45) is 5.92 Å². The molecule has 0 aliphatic heterocycles. The molecule has 1 aliphatic rings. The lowest BCUT2D eigenvalue weighted by atomic mass is 10.3. The molecule has 0 heterocycles. The lowest BCUT2D eigenvalue weighted by molar-refractivity contribution is 0.624. The van der Waals surface area contributed by atoms with E-state index in [1.807, 2.05) is 0 Å². The first-order valence-corrected chi connectivity index (χ1v) is 5.92. The number of thioether (sulfide) groups is 1. The molecule has 1 fully saturated rings. The van der Waals surface area contributed by atoms with Gasteiger partial charge in [-0.15, -0.1) is 11.8 Å². The zero-order chi connectivity index (χ0) is 9.97. The molecule has 1 aliphatic carbocycles. The van der Waals surface area contributed by atoms with Gasteiger partial charge in [0.25, 0.3) is 0 Å². The van der Waals surface area contributed by atoms with Crippen LogP contribution in [0.1, 0.15) is 19.3 Å². The molecule has 0 aromatic heterocycles. The summed E-state index contributed by atoms with van der Waals surface area (Å²) in [4.78, 5) is 0.880. The van der Waals surface area contributed by atoms with E-state index in [0.717, 1.165) is 16.6 Å². The van der Waals surface area contributed by atoms with Crippen LogP contribution in [0.15, 0.2) is 23.1 Å². The van der Waals surface area contributed by atoms with E-state index in [4.69, 9.17) is 5.73 Å². The molecule has 0 radical (unpaired) electrons. The van der Waals surface area contributed by atoms with Crippen molar-refractivity contribution in [3.05, 3.63) is 24.0 Å². The van der Waals surface area contributed by atoms with Gasteiger partial charge in [0.2, 0.25) is 0 Å². The largest absolute Gasteiger partial charge is 0.398 e. The Labute approximate surface area is 87.9 Å². The normalized spacial score (nSPS) is 15.8. The van der Waals surface area contributed by atoms with E-state index in [1.165, 1.54) is 31.4 Å².